The van der Waals surface area contributed by atoms with Crippen molar-refractivity contribution in [2.24, 2.45) is 28.6 Å². The van der Waals surface area contributed by atoms with Gasteiger partial charge in [-0.3, -0.25) is 9.59 Å². The van der Waals surface area contributed by atoms with Crippen molar-refractivity contribution in [1.82, 2.24) is 0 Å². The number of hydrogen-bond acceptors (Lipinski definition) is 6. The Bertz CT molecular complexity index is 1140. The van der Waals surface area contributed by atoms with Crippen LogP contribution in [0.2, 0.25) is 0 Å². The Morgan fingerprint density at radius 2 is 1.77 bits per heavy atom. The van der Waals surface area contributed by atoms with Crippen LogP contribution in [0.4, 0.5) is 0 Å². The molecule has 9 atom stereocenters. The molecule has 0 bridgehead atoms. The molecule has 0 aromatic carbocycles. The van der Waals surface area contributed by atoms with E-state index in [0.29, 0.717) is 42.6 Å². The van der Waals surface area contributed by atoms with E-state index in [-0.39, 0.29) is 40.6 Å². The van der Waals surface area contributed by atoms with E-state index < -0.39 is 5.97 Å². The fraction of sp³-hybridized carbons (Fsp3) is 0.781. The molecule has 214 valence electrons. The lowest BCUT2D eigenvalue weighted by atomic mass is 9.44. The molecule has 6 rings (SSSR count). The second kappa shape index (κ2) is 10.0. The maximum absolute atomic E-state index is 12.5. The number of carboxylic acids is 1. The number of carbonyl (C=O) groups excluding carboxylic acids is 1. The van der Waals surface area contributed by atoms with Gasteiger partial charge in [-0.2, -0.15) is 0 Å². The Labute approximate surface area is 231 Å². The van der Waals surface area contributed by atoms with Crippen molar-refractivity contribution < 1.29 is 28.6 Å². The highest BCUT2D eigenvalue weighted by molar-refractivity contribution is 5.69. The number of carbonyl (C=O) groups is 2. The molecule has 1 N–H and O–H groups in total. The number of carboxylic acid groups (broad SMARTS) is 1. The van der Waals surface area contributed by atoms with E-state index in [2.05, 4.69) is 13.8 Å². The maximum Gasteiger partial charge on any atom is 0.335 e. The first-order valence-electron chi connectivity index (χ1n) is 15.4. The Hall–Kier alpha value is -2.15. The second-order valence-corrected chi connectivity index (χ2v) is 13.7. The highest BCUT2D eigenvalue weighted by Gasteiger charge is 2.80. The summed E-state index contributed by atoms with van der Waals surface area (Å²) in [7, 11) is 0. The average molecular weight is 541 g/mol. The van der Waals surface area contributed by atoms with Crippen molar-refractivity contribution in [3.05, 3.63) is 34.4 Å². The molecule has 1 aliphatic heterocycles. The van der Waals surface area contributed by atoms with Crippen LogP contribution in [0.3, 0.4) is 0 Å². The number of rotatable bonds is 9. The van der Waals surface area contributed by atoms with Gasteiger partial charge in [0.25, 0.3) is 0 Å². The molecule has 1 aromatic heterocycles. The molecule has 1 saturated heterocycles. The van der Waals surface area contributed by atoms with Gasteiger partial charge >= 0.3 is 17.6 Å². The zero-order valence-corrected chi connectivity index (χ0v) is 23.5. The summed E-state index contributed by atoms with van der Waals surface area (Å²) in [6, 6.07) is 3.52. The van der Waals surface area contributed by atoms with Crippen molar-refractivity contribution in [1.29, 1.82) is 0 Å². The van der Waals surface area contributed by atoms with Crippen LogP contribution in [-0.4, -0.2) is 34.9 Å². The largest absolute Gasteiger partial charge is 0.481 e. The van der Waals surface area contributed by atoms with E-state index in [1.165, 1.54) is 19.3 Å². The third kappa shape index (κ3) is 4.47. The molecule has 7 heteroatoms. The van der Waals surface area contributed by atoms with Gasteiger partial charge in [0.2, 0.25) is 0 Å². The second-order valence-electron chi connectivity index (χ2n) is 13.7. The van der Waals surface area contributed by atoms with Gasteiger partial charge in [-0.15, -0.1) is 0 Å². The third-order valence-electron chi connectivity index (χ3n) is 12.0. The maximum atomic E-state index is 12.5. The van der Waals surface area contributed by atoms with Crippen molar-refractivity contribution in [3.8, 4) is 0 Å². The molecule has 7 nitrogen and oxygen atoms in total. The summed E-state index contributed by atoms with van der Waals surface area (Å²) in [5, 5.41) is 8.74. The minimum absolute atomic E-state index is 0.0275. The molecule has 4 aliphatic carbocycles. The lowest BCUT2D eigenvalue weighted by Crippen LogP contribution is -2.58. The van der Waals surface area contributed by atoms with E-state index in [9.17, 15) is 14.4 Å². The number of esters is 1. The highest BCUT2D eigenvalue weighted by atomic mass is 16.6. The molecule has 39 heavy (non-hydrogen) atoms. The number of aliphatic carboxylic acids is 1. The van der Waals surface area contributed by atoms with Gasteiger partial charge in [-0.05, 0) is 105 Å². The minimum Gasteiger partial charge on any atom is -0.481 e. The summed E-state index contributed by atoms with van der Waals surface area (Å²) in [5.74, 6) is 1.33. The zero-order chi connectivity index (χ0) is 27.4. The fourth-order valence-electron chi connectivity index (χ4n) is 9.97. The average Bonchev–Trinajstić information content (AvgIpc) is 3.56. The molecule has 5 aliphatic rings. The van der Waals surface area contributed by atoms with Crippen LogP contribution >= 0.6 is 0 Å². The van der Waals surface area contributed by atoms with Gasteiger partial charge < -0.3 is 19.0 Å². The van der Waals surface area contributed by atoms with E-state index in [1.807, 2.05) is 6.07 Å². The molecule has 2 heterocycles. The molecule has 9 unspecified atom stereocenters. The number of ether oxygens (including phenoxy) is 2. The predicted octanol–water partition coefficient (Wildman–Crippen LogP) is 6.23. The third-order valence-corrected chi connectivity index (χ3v) is 12.0. The molecule has 4 saturated carbocycles. The van der Waals surface area contributed by atoms with Crippen LogP contribution in [0.5, 0.6) is 0 Å². The quantitative estimate of drug-likeness (QED) is 0.225. The van der Waals surface area contributed by atoms with Crippen LogP contribution in [0.1, 0.15) is 115 Å². The fourth-order valence-corrected chi connectivity index (χ4v) is 9.97. The first-order valence-corrected chi connectivity index (χ1v) is 15.4. The molecule has 1 aromatic rings. The number of hydrogen-bond donors (Lipinski definition) is 1. The van der Waals surface area contributed by atoms with Gasteiger partial charge in [-0.25, -0.2) is 4.79 Å². The lowest BCUT2D eigenvalue weighted by molar-refractivity contribution is -0.164. The summed E-state index contributed by atoms with van der Waals surface area (Å²) >= 11 is 0. The van der Waals surface area contributed by atoms with E-state index in [1.54, 1.807) is 12.3 Å². The summed E-state index contributed by atoms with van der Waals surface area (Å²) < 4.78 is 17.9. The zero-order valence-electron chi connectivity index (χ0n) is 23.5. The number of unbranched alkanes of at least 4 members (excludes halogenated alkanes) is 3. The van der Waals surface area contributed by atoms with Crippen LogP contribution in [-0.2, 0) is 19.1 Å². The van der Waals surface area contributed by atoms with E-state index in [4.69, 9.17) is 19.0 Å². The monoisotopic (exact) mass is 540 g/mol. The molecule has 0 amide bonds. The first kappa shape index (κ1) is 27.0. The van der Waals surface area contributed by atoms with Crippen molar-refractivity contribution in [3.63, 3.8) is 0 Å². The normalized spacial score (nSPS) is 42.0. The Morgan fingerprint density at radius 1 is 0.974 bits per heavy atom. The van der Waals surface area contributed by atoms with Crippen molar-refractivity contribution >= 4 is 11.9 Å². The summed E-state index contributed by atoms with van der Waals surface area (Å²) in [4.78, 5) is 34.7. The minimum atomic E-state index is -0.755. The van der Waals surface area contributed by atoms with Gasteiger partial charge in [0.05, 0.1) is 12.4 Å². The Balaban J connectivity index is 1.06. The molecule has 0 radical (unpaired) electrons. The molecular weight excluding hydrogens is 496 g/mol. The van der Waals surface area contributed by atoms with Crippen LogP contribution in [0.25, 0.3) is 0 Å². The van der Waals surface area contributed by atoms with Gasteiger partial charge in [0.1, 0.15) is 11.7 Å². The summed E-state index contributed by atoms with van der Waals surface area (Å²) in [6.45, 7) is 4.95. The van der Waals surface area contributed by atoms with Crippen molar-refractivity contribution in [2.45, 2.75) is 127 Å². The van der Waals surface area contributed by atoms with Gasteiger partial charge in [0, 0.05) is 24.3 Å². The van der Waals surface area contributed by atoms with Gasteiger partial charge in [0.15, 0.2) is 0 Å². The van der Waals surface area contributed by atoms with E-state index in [0.717, 1.165) is 56.9 Å². The summed E-state index contributed by atoms with van der Waals surface area (Å²) in [5.41, 5.74) is 1.15. The molecule has 5 fully saturated rings. The predicted molar refractivity (Wildman–Crippen MR) is 144 cm³/mol. The Morgan fingerprint density at radius 3 is 2.51 bits per heavy atom. The van der Waals surface area contributed by atoms with Crippen molar-refractivity contribution in [2.75, 3.05) is 0 Å². The summed E-state index contributed by atoms with van der Waals surface area (Å²) in [6.07, 6.45) is 14.6. The van der Waals surface area contributed by atoms with E-state index >= 15 is 0 Å². The standard InChI is InChI=1S/C32H44O7/c1-30-15-13-22(38-29(36)8-6-4-3-5-7-27(33)34)17-21(30)10-11-24-23(30)14-16-31(2)25(18-26-32(24,31)39-26)20-9-12-28(35)37-19-20/h9,12,19,21-26H,3-8,10-11,13-18H2,1-2H3,(H,33,34). The van der Waals surface area contributed by atoms with Crippen LogP contribution in [0, 0.1) is 28.6 Å². The van der Waals surface area contributed by atoms with Crippen LogP contribution in [0.15, 0.2) is 27.6 Å². The lowest BCUT2D eigenvalue weighted by Gasteiger charge is -2.61. The SMILES string of the molecule is CC12CCC(OC(=O)CCCCCCC(=O)O)CC1CCC1C2CCC2(C)C(c3ccc(=O)oc3)CC3OC312. The van der Waals surface area contributed by atoms with Crippen LogP contribution < -0.4 is 5.63 Å². The smallest absolute Gasteiger partial charge is 0.335 e. The number of epoxide rings is 1. The van der Waals surface area contributed by atoms with Gasteiger partial charge in [-0.1, -0.05) is 26.7 Å². The number of fused-ring (bicyclic) bond motifs is 3. The first-order chi connectivity index (χ1) is 18.7. The molecule has 1 spiro atoms. The Kier molecular flexibility index (Phi) is 6.96. The highest BCUT2D eigenvalue weighted by Crippen LogP contribution is 2.78. The topological polar surface area (TPSA) is 106 Å². The molecular formula is C32H44O7.